The predicted octanol–water partition coefficient (Wildman–Crippen LogP) is 2.61. The standard InChI is InChI=1S/C12H9ClO5S/c13-9-3-1-8(2-4-9)7-19(16,17)11-6-5-10(18-11)12(14)15/h1-6H,7H2,(H,14,15). The van der Waals surface area contributed by atoms with Crippen LogP contribution in [0, 0.1) is 0 Å². The first-order valence-electron chi connectivity index (χ1n) is 5.19. The number of benzene rings is 1. The third kappa shape index (κ3) is 3.15. The predicted molar refractivity (Wildman–Crippen MR) is 68.0 cm³/mol. The normalized spacial score (nSPS) is 11.4. The van der Waals surface area contributed by atoms with Gasteiger partial charge in [-0.3, -0.25) is 0 Å². The largest absolute Gasteiger partial charge is 0.475 e. The molecule has 0 atom stereocenters. The van der Waals surface area contributed by atoms with Crippen LogP contribution < -0.4 is 0 Å². The summed E-state index contributed by atoms with van der Waals surface area (Å²) < 4.78 is 28.8. The van der Waals surface area contributed by atoms with Crippen LogP contribution in [0.2, 0.25) is 5.02 Å². The summed E-state index contributed by atoms with van der Waals surface area (Å²) in [6, 6.07) is 8.57. The average Bonchev–Trinajstić information content (AvgIpc) is 2.82. The van der Waals surface area contributed by atoms with Gasteiger partial charge in [-0.05, 0) is 29.8 Å². The van der Waals surface area contributed by atoms with E-state index in [9.17, 15) is 13.2 Å². The molecule has 0 saturated carbocycles. The van der Waals surface area contributed by atoms with Gasteiger partial charge in [0.2, 0.25) is 20.7 Å². The molecular formula is C12H9ClO5S. The van der Waals surface area contributed by atoms with Gasteiger partial charge >= 0.3 is 5.97 Å². The summed E-state index contributed by atoms with van der Waals surface area (Å²) in [5, 5.41) is 8.83. The Balaban J connectivity index is 2.26. The molecule has 1 aromatic carbocycles. The molecule has 0 fully saturated rings. The SMILES string of the molecule is O=C(O)c1ccc(S(=O)(=O)Cc2ccc(Cl)cc2)o1. The van der Waals surface area contributed by atoms with E-state index >= 15 is 0 Å². The average molecular weight is 301 g/mol. The van der Waals surface area contributed by atoms with Crippen molar-refractivity contribution < 1.29 is 22.7 Å². The minimum atomic E-state index is -3.71. The molecule has 0 radical (unpaired) electrons. The van der Waals surface area contributed by atoms with Crippen molar-refractivity contribution in [2.24, 2.45) is 0 Å². The van der Waals surface area contributed by atoms with Crippen LogP contribution in [0.15, 0.2) is 45.9 Å². The van der Waals surface area contributed by atoms with Crippen molar-refractivity contribution in [1.82, 2.24) is 0 Å². The summed E-state index contributed by atoms with van der Waals surface area (Å²) in [5.41, 5.74) is 0.540. The molecule has 2 rings (SSSR count). The minimum Gasteiger partial charge on any atom is -0.475 e. The molecule has 0 amide bonds. The number of carboxylic acid groups (broad SMARTS) is 1. The first-order chi connectivity index (χ1) is 8.88. The Hall–Kier alpha value is -1.79. The maximum atomic E-state index is 12.0. The van der Waals surface area contributed by atoms with Crippen LogP contribution in [0.1, 0.15) is 16.1 Å². The molecule has 0 unspecified atom stereocenters. The number of furan rings is 1. The van der Waals surface area contributed by atoms with Gasteiger partial charge in [0.15, 0.2) is 0 Å². The number of hydrogen-bond acceptors (Lipinski definition) is 4. The summed E-state index contributed by atoms with van der Waals surface area (Å²) in [4.78, 5) is 10.6. The van der Waals surface area contributed by atoms with E-state index in [-0.39, 0.29) is 10.8 Å². The van der Waals surface area contributed by atoms with Crippen molar-refractivity contribution in [3.05, 3.63) is 52.7 Å². The number of rotatable bonds is 4. The Kier molecular flexibility index (Phi) is 3.64. The highest BCUT2D eigenvalue weighted by atomic mass is 35.5. The van der Waals surface area contributed by atoms with Crippen LogP contribution in [-0.2, 0) is 15.6 Å². The zero-order chi connectivity index (χ0) is 14.0. The summed E-state index contributed by atoms with van der Waals surface area (Å²) >= 11 is 5.70. The molecule has 0 aliphatic rings. The van der Waals surface area contributed by atoms with Crippen molar-refractivity contribution in [1.29, 1.82) is 0 Å². The Bertz CT molecular complexity index is 700. The molecule has 0 aliphatic heterocycles. The number of carbonyl (C=O) groups is 1. The summed E-state index contributed by atoms with van der Waals surface area (Å²) in [7, 11) is -3.71. The van der Waals surface area contributed by atoms with E-state index in [1.165, 1.54) is 0 Å². The lowest BCUT2D eigenvalue weighted by molar-refractivity contribution is 0.0656. The highest BCUT2D eigenvalue weighted by Gasteiger charge is 2.21. The molecule has 0 saturated heterocycles. The van der Waals surface area contributed by atoms with E-state index in [4.69, 9.17) is 21.1 Å². The smallest absolute Gasteiger partial charge is 0.371 e. The molecule has 7 heteroatoms. The second kappa shape index (κ2) is 5.07. The summed E-state index contributed by atoms with van der Waals surface area (Å²) in [5.74, 6) is -2.00. The number of hydrogen-bond donors (Lipinski definition) is 1. The van der Waals surface area contributed by atoms with E-state index in [0.29, 0.717) is 10.6 Å². The fraction of sp³-hybridized carbons (Fsp3) is 0.0833. The van der Waals surface area contributed by atoms with Gasteiger partial charge in [-0.2, -0.15) is 0 Å². The van der Waals surface area contributed by atoms with Crippen LogP contribution in [0.4, 0.5) is 0 Å². The molecule has 5 nitrogen and oxygen atoms in total. The lowest BCUT2D eigenvalue weighted by Crippen LogP contribution is -2.04. The van der Waals surface area contributed by atoms with Crippen LogP contribution in [0.3, 0.4) is 0 Å². The highest BCUT2D eigenvalue weighted by Crippen LogP contribution is 2.20. The van der Waals surface area contributed by atoms with E-state index < -0.39 is 21.6 Å². The van der Waals surface area contributed by atoms with E-state index in [2.05, 4.69) is 0 Å². The van der Waals surface area contributed by atoms with Crippen molar-refractivity contribution >= 4 is 27.4 Å². The monoisotopic (exact) mass is 300 g/mol. The molecule has 1 heterocycles. The zero-order valence-corrected chi connectivity index (χ0v) is 11.1. The fourth-order valence-electron chi connectivity index (χ4n) is 1.47. The third-order valence-corrected chi connectivity index (χ3v) is 4.17. The van der Waals surface area contributed by atoms with Gasteiger partial charge in [0, 0.05) is 5.02 Å². The number of sulfone groups is 1. The molecule has 1 aromatic heterocycles. The quantitative estimate of drug-likeness (QED) is 0.938. The molecule has 1 N–H and O–H groups in total. The van der Waals surface area contributed by atoms with Gasteiger partial charge in [-0.25, -0.2) is 13.2 Å². The third-order valence-electron chi connectivity index (χ3n) is 2.37. The molecule has 2 aromatic rings. The van der Waals surface area contributed by atoms with Crippen molar-refractivity contribution in [2.75, 3.05) is 0 Å². The van der Waals surface area contributed by atoms with E-state index in [1.807, 2.05) is 0 Å². The molecule has 19 heavy (non-hydrogen) atoms. The molecule has 0 bridgehead atoms. The van der Waals surface area contributed by atoms with E-state index in [0.717, 1.165) is 12.1 Å². The van der Waals surface area contributed by atoms with Crippen molar-refractivity contribution in [3.8, 4) is 0 Å². The maximum absolute atomic E-state index is 12.0. The summed E-state index contributed by atoms with van der Waals surface area (Å²) in [6.45, 7) is 0. The number of carboxylic acids is 1. The number of halogens is 1. The minimum absolute atomic E-state index is 0.281. The van der Waals surface area contributed by atoms with Gasteiger partial charge in [0.05, 0.1) is 5.75 Å². The maximum Gasteiger partial charge on any atom is 0.371 e. The fourth-order valence-corrected chi connectivity index (χ4v) is 2.87. The van der Waals surface area contributed by atoms with Crippen LogP contribution in [0.25, 0.3) is 0 Å². The summed E-state index contributed by atoms with van der Waals surface area (Å²) in [6.07, 6.45) is 0. The van der Waals surface area contributed by atoms with Gasteiger partial charge < -0.3 is 9.52 Å². The van der Waals surface area contributed by atoms with Gasteiger partial charge in [-0.1, -0.05) is 23.7 Å². The van der Waals surface area contributed by atoms with Crippen LogP contribution >= 0.6 is 11.6 Å². The Morgan fingerprint density at radius 1 is 1.16 bits per heavy atom. The van der Waals surface area contributed by atoms with Crippen molar-refractivity contribution in [2.45, 2.75) is 10.8 Å². The highest BCUT2D eigenvalue weighted by molar-refractivity contribution is 7.90. The molecule has 100 valence electrons. The van der Waals surface area contributed by atoms with E-state index in [1.54, 1.807) is 24.3 Å². The second-order valence-electron chi connectivity index (χ2n) is 3.81. The first-order valence-corrected chi connectivity index (χ1v) is 7.22. The Morgan fingerprint density at radius 3 is 2.32 bits per heavy atom. The molecular weight excluding hydrogens is 292 g/mol. The molecule has 0 spiro atoms. The van der Waals surface area contributed by atoms with Gasteiger partial charge in [0.25, 0.3) is 0 Å². The van der Waals surface area contributed by atoms with Crippen molar-refractivity contribution in [3.63, 3.8) is 0 Å². The van der Waals surface area contributed by atoms with Crippen LogP contribution in [-0.4, -0.2) is 19.5 Å². The Labute approximate surface area is 114 Å². The lowest BCUT2D eigenvalue weighted by Gasteiger charge is -2.01. The van der Waals surface area contributed by atoms with Gasteiger partial charge in [-0.15, -0.1) is 0 Å². The first kappa shape index (κ1) is 13.6. The van der Waals surface area contributed by atoms with Crippen LogP contribution in [0.5, 0.6) is 0 Å². The lowest BCUT2D eigenvalue weighted by atomic mass is 10.2. The van der Waals surface area contributed by atoms with Gasteiger partial charge in [0.1, 0.15) is 0 Å². The molecule has 0 aliphatic carbocycles. The second-order valence-corrected chi connectivity index (χ2v) is 6.17. The topological polar surface area (TPSA) is 84.6 Å². The number of aromatic carboxylic acids is 1. The Morgan fingerprint density at radius 2 is 1.79 bits per heavy atom. The zero-order valence-electron chi connectivity index (χ0n) is 9.54.